The summed E-state index contributed by atoms with van der Waals surface area (Å²) >= 11 is 1.30. The van der Waals surface area contributed by atoms with Crippen LogP contribution in [0.2, 0.25) is 0 Å². The molecule has 0 aliphatic rings. The molecule has 1 heterocycles. The standard InChI is InChI=1S/C23H27N3O3S/c1-5-20(21(27)16-10-14-19(28-4)15-11-16)30-23-25-24-22(29-23)17-8-12-18(13-9-17)26(6-2)7-3/h8-15,20H,5-7H2,1-4H3. The number of Topliss-reactive ketones (excluding diaryl/α,β-unsaturated/α-hetero) is 1. The monoisotopic (exact) mass is 425 g/mol. The summed E-state index contributed by atoms with van der Waals surface area (Å²) in [5.41, 5.74) is 2.66. The average Bonchev–Trinajstić information content (AvgIpc) is 3.27. The maximum atomic E-state index is 12.9. The highest BCUT2D eigenvalue weighted by molar-refractivity contribution is 8.00. The summed E-state index contributed by atoms with van der Waals surface area (Å²) in [5.74, 6) is 1.21. The number of anilines is 1. The number of hydrogen-bond acceptors (Lipinski definition) is 7. The molecule has 0 amide bonds. The molecule has 2 aromatic carbocycles. The number of aromatic nitrogens is 2. The molecule has 3 aromatic rings. The van der Waals surface area contributed by atoms with Gasteiger partial charge in [-0.3, -0.25) is 4.79 Å². The second-order valence-corrected chi connectivity index (χ2v) is 7.85. The Morgan fingerprint density at radius 2 is 1.70 bits per heavy atom. The molecule has 1 aromatic heterocycles. The molecule has 0 fully saturated rings. The van der Waals surface area contributed by atoms with E-state index in [2.05, 4.69) is 41.1 Å². The normalized spacial score (nSPS) is 11.9. The molecular formula is C23H27N3O3S. The van der Waals surface area contributed by atoms with Gasteiger partial charge in [0.25, 0.3) is 5.22 Å². The van der Waals surface area contributed by atoms with E-state index in [0.717, 1.165) is 30.1 Å². The van der Waals surface area contributed by atoms with Crippen molar-refractivity contribution in [3.05, 3.63) is 54.1 Å². The fourth-order valence-electron chi connectivity index (χ4n) is 3.16. The number of hydrogen-bond donors (Lipinski definition) is 0. The Balaban J connectivity index is 1.70. The molecule has 7 heteroatoms. The van der Waals surface area contributed by atoms with E-state index in [-0.39, 0.29) is 11.0 Å². The van der Waals surface area contributed by atoms with Gasteiger partial charge in [0.1, 0.15) is 5.75 Å². The first kappa shape index (κ1) is 21.9. The number of methoxy groups -OCH3 is 1. The Morgan fingerprint density at radius 1 is 1.03 bits per heavy atom. The largest absolute Gasteiger partial charge is 0.497 e. The Bertz CT molecular complexity index is 951. The van der Waals surface area contributed by atoms with Gasteiger partial charge in [0.2, 0.25) is 5.89 Å². The van der Waals surface area contributed by atoms with E-state index in [1.807, 2.05) is 19.1 Å². The summed E-state index contributed by atoms with van der Waals surface area (Å²) in [7, 11) is 1.60. The fourth-order valence-corrected chi connectivity index (χ4v) is 4.03. The van der Waals surface area contributed by atoms with Crippen LogP contribution in [0, 0.1) is 0 Å². The number of nitrogens with zero attached hydrogens (tertiary/aromatic N) is 3. The van der Waals surface area contributed by atoms with Crippen LogP contribution in [0.4, 0.5) is 5.69 Å². The van der Waals surface area contributed by atoms with Gasteiger partial charge in [-0.05, 0) is 68.8 Å². The molecule has 158 valence electrons. The minimum atomic E-state index is -0.295. The second kappa shape index (κ2) is 10.3. The zero-order valence-corrected chi connectivity index (χ0v) is 18.6. The van der Waals surface area contributed by atoms with Gasteiger partial charge in [-0.2, -0.15) is 0 Å². The Morgan fingerprint density at radius 3 is 2.27 bits per heavy atom. The lowest BCUT2D eigenvalue weighted by Crippen LogP contribution is -2.21. The highest BCUT2D eigenvalue weighted by Gasteiger charge is 2.23. The SMILES string of the molecule is CCC(Sc1nnc(-c2ccc(N(CC)CC)cc2)o1)C(=O)c1ccc(OC)cc1. The molecule has 0 radical (unpaired) electrons. The summed E-state index contributed by atoms with van der Waals surface area (Å²) in [6, 6.07) is 15.2. The molecule has 3 rings (SSSR count). The average molecular weight is 426 g/mol. The zero-order chi connectivity index (χ0) is 21.5. The highest BCUT2D eigenvalue weighted by atomic mass is 32.2. The fraction of sp³-hybridized carbons (Fsp3) is 0.348. The smallest absolute Gasteiger partial charge is 0.277 e. The van der Waals surface area contributed by atoms with Crippen molar-refractivity contribution >= 4 is 23.2 Å². The first-order chi connectivity index (χ1) is 14.6. The molecule has 30 heavy (non-hydrogen) atoms. The van der Waals surface area contributed by atoms with Crippen molar-refractivity contribution in [2.45, 2.75) is 37.7 Å². The van der Waals surface area contributed by atoms with Gasteiger partial charge < -0.3 is 14.1 Å². The van der Waals surface area contributed by atoms with Crippen LogP contribution < -0.4 is 9.64 Å². The Labute approximate surface area is 181 Å². The lowest BCUT2D eigenvalue weighted by molar-refractivity contribution is 0.0987. The van der Waals surface area contributed by atoms with Gasteiger partial charge in [-0.25, -0.2) is 0 Å². The van der Waals surface area contributed by atoms with Crippen LogP contribution in [0.1, 0.15) is 37.6 Å². The molecule has 0 bridgehead atoms. The lowest BCUT2D eigenvalue weighted by Gasteiger charge is -2.20. The summed E-state index contributed by atoms with van der Waals surface area (Å²) in [6.45, 7) is 8.16. The van der Waals surface area contributed by atoms with Crippen molar-refractivity contribution in [2.24, 2.45) is 0 Å². The molecule has 0 saturated carbocycles. The van der Waals surface area contributed by atoms with Gasteiger partial charge in [0, 0.05) is 29.9 Å². The predicted octanol–water partition coefficient (Wildman–Crippen LogP) is 5.35. The third-order valence-electron chi connectivity index (χ3n) is 4.93. The van der Waals surface area contributed by atoms with Crippen LogP contribution in [-0.2, 0) is 0 Å². The second-order valence-electron chi connectivity index (χ2n) is 6.70. The summed E-state index contributed by atoms with van der Waals surface area (Å²) in [5, 5.41) is 8.40. The van der Waals surface area contributed by atoms with Crippen LogP contribution >= 0.6 is 11.8 Å². The van der Waals surface area contributed by atoms with E-state index in [0.29, 0.717) is 23.1 Å². The van der Waals surface area contributed by atoms with Gasteiger partial charge >= 0.3 is 0 Å². The first-order valence-corrected chi connectivity index (χ1v) is 11.0. The summed E-state index contributed by atoms with van der Waals surface area (Å²) < 4.78 is 11.0. The maximum absolute atomic E-state index is 12.9. The summed E-state index contributed by atoms with van der Waals surface area (Å²) in [6.07, 6.45) is 0.659. The minimum Gasteiger partial charge on any atom is -0.497 e. The quantitative estimate of drug-likeness (QED) is 0.320. The number of ether oxygens (including phenoxy) is 1. The van der Waals surface area contributed by atoms with Crippen molar-refractivity contribution in [2.75, 3.05) is 25.1 Å². The third kappa shape index (κ3) is 5.02. The summed E-state index contributed by atoms with van der Waals surface area (Å²) in [4.78, 5) is 15.1. The molecule has 1 atom stereocenters. The van der Waals surface area contributed by atoms with Crippen molar-refractivity contribution in [3.63, 3.8) is 0 Å². The van der Waals surface area contributed by atoms with E-state index in [1.54, 1.807) is 31.4 Å². The highest BCUT2D eigenvalue weighted by Crippen LogP contribution is 2.30. The third-order valence-corrected chi connectivity index (χ3v) is 6.13. The van der Waals surface area contributed by atoms with E-state index in [4.69, 9.17) is 9.15 Å². The molecular weight excluding hydrogens is 398 g/mol. The number of benzene rings is 2. The van der Waals surface area contributed by atoms with E-state index < -0.39 is 0 Å². The van der Waals surface area contributed by atoms with Gasteiger partial charge in [0.05, 0.1) is 12.4 Å². The van der Waals surface area contributed by atoms with E-state index in [9.17, 15) is 4.79 Å². The number of ketones is 1. The van der Waals surface area contributed by atoms with E-state index in [1.165, 1.54) is 11.8 Å². The molecule has 0 aliphatic heterocycles. The van der Waals surface area contributed by atoms with Crippen LogP contribution in [0.15, 0.2) is 58.2 Å². The predicted molar refractivity (Wildman–Crippen MR) is 121 cm³/mol. The van der Waals surface area contributed by atoms with Gasteiger partial charge in [0.15, 0.2) is 5.78 Å². The Hall–Kier alpha value is -2.80. The van der Waals surface area contributed by atoms with Gasteiger partial charge in [-0.1, -0.05) is 18.7 Å². The Kier molecular flexibility index (Phi) is 7.52. The molecule has 6 nitrogen and oxygen atoms in total. The minimum absolute atomic E-state index is 0.0356. The maximum Gasteiger partial charge on any atom is 0.277 e. The van der Waals surface area contributed by atoms with Crippen molar-refractivity contribution in [3.8, 4) is 17.2 Å². The number of thioether (sulfide) groups is 1. The van der Waals surface area contributed by atoms with Crippen LogP contribution in [0.5, 0.6) is 5.75 Å². The lowest BCUT2D eigenvalue weighted by atomic mass is 10.1. The number of carbonyl (C=O) groups excluding carboxylic acids is 1. The van der Waals surface area contributed by atoms with Crippen LogP contribution in [0.25, 0.3) is 11.5 Å². The van der Waals surface area contributed by atoms with E-state index >= 15 is 0 Å². The first-order valence-electron chi connectivity index (χ1n) is 10.1. The van der Waals surface area contributed by atoms with Crippen LogP contribution in [0.3, 0.4) is 0 Å². The zero-order valence-electron chi connectivity index (χ0n) is 17.8. The molecule has 0 aliphatic carbocycles. The molecule has 0 spiro atoms. The topological polar surface area (TPSA) is 68.5 Å². The number of carbonyl (C=O) groups is 1. The molecule has 1 unspecified atom stereocenters. The van der Waals surface area contributed by atoms with Gasteiger partial charge in [-0.15, -0.1) is 10.2 Å². The van der Waals surface area contributed by atoms with Crippen molar-refractivity contribution in [1.82, 2.24) is 10.2 Å². The molecule has 0 saturated heterocycles. The number of rotatable bonds is 10. The van der Waals surface area contributed by atoms with Crippen molar-refractivity contribution < 1.29 is 13.9 Å². The molecule has 0 N–H and O–H groups in total. The van der Waals surface area contributed by atoms with Crippen LogP contribution in [-0.4, -0.2) is 41.4 Å². The van der Waals surface area contributed by atoms with Crippen molar-refractivity contribution in [1.29, 1.82) is 0 Å².